The molecule has 0 radical (unpaired) electrons. The van der Waals surface area contributed by atoms with Crippen molar-refractivity contribution in [3.8, 4) is 17.1 Å². The van der Waals surface area contributed by atoms with Crippen molar-refractivity contribution in [3.63, 3.8) is 0 Å². The second-order valence-corrected chi connectivity index (χ2v) is 7.59. The fourth-order valence-electron chi connectivity index (χ4n) is 4.27. The molecular formula is C27H20N2O. The molecule has 4 aromatic carbocycles. The van der Waals surface area contributed by atoms with E-state index < -0.39 is 0 Å². The quantitative estimate of drug-likeness (QED) is 0.322. The molecule has 0 aliphatic carbocycles. The maximum absolute atomic E-state index is 6.05. The highest BCUT2D eigenvalue weighted by Gasteiger charge is 2.13. The van der Waals surface area contributed by atoms with Crippen molar-refractivity contribution in [2.75, 3.05) is 0 Å². The van der Waals surface area contributed by atoms with Gasteiger partial charge in [0.1, 0.15) is 5.52 Å². The van der Waals surface area contributed by atoms with Gasteiger partial charge in [0, 0.05) is 22.0 Å². The minimum absolute atomic E-state index is 0.659. The van der Waals surface area contributed by atoms with Gasteiger partial charge in [0.15, 0.2) is 5.58 Å². The second-order valence-electron chi connectivity index (χ2n) is 7.59. The van der Waals surface area contributed by atoms with E-state index in [0.29, 0.717) is 5.89 Å². The summed E-state index contributed by atoms with van der Waals surface area (Å²) in [6, 6.07) is 31.8. The molecule has 144 valence electrons. The Hall–Kier alpha value is -3.85. The molecule has 3 heteroatoms. The number of fused-ring (bicyclic) bond motifs is 4. The van der Waals surface area contributed by atoms with Crippen molar-refractivity contribution in [1.29, 1.82) is 0 Å². The molecule has 0 aliphatic heterocycles. The van der Waals surface area contributed by atoms with Gasteiger partial charge in [-0.2, -0.15) is 0 Å². The summed E-state index contributed by atoms with van der Waals surface area (Å²) >= 11 is 0. The SMILES string of the molecule is CCc1ccc2nc(-c3ccc(-n4c5ccccc5c5ccccc54)cc3)oc2c1. The van der Waals surface area contributed by atoms with Crippen LogP contribution in [0.15, 0.2) is 95.4 Å². The lowest BCUT2D eigenvalue weighted by atomic mass is 10.1. The van der Waals surface area contributed by atoms with Crippen LogP contribution in [0, 0.1) is 0 Å². The minimum Gasteiger partial charge on any atom is -0.436 e. The lowest BCUT2D eigenvalue weighted by Crippen LogP contribution is -1.93. The van der Waals surface area contributed by atoms with Gasteiger partial charge in [-0.15, -0.1) is 0 Å². The number of rotatable bonds is 3. The van der Waals surface area contributed by atoms with Crippen molar-refractivity contribution in [3.05, 3.63) is 96.6 Å². The number of hydrogen-bond donors (Lipinski definition) is 0. The maximum atomic E-state index is 6.05. The van der Waals surface area contributed by atoms with E-state index in [1.54, 1.807) is 0 Å². The second kappa shape index (κ2) is 6.60. The van der Waals surface area contributed by atoms with Gasteiger partial charge in [0.05, 0.1) is 11.0 Å². The molecule has 0 unspecified atom stereocenters. The first-order valence-electron chi connectivity index (χ1n) is 10.3. The first-order chi connectivity index (χ1) is 14.8. The Labute approximate surface area is 174 Å². The largest absolute Gasteiger partial charge is 0.436 e. The minimum atomic E-state index is 0.659. The molecular weight excluding hydrogens is 368 g/mol. The number of oxazole rings is 1. The summed E-state index contributed by atoms with van der Waals surface area (Å²) in [6.07, 6.45) is 0.986. The van der Waals surface area contributed by atoms with Crippen LogP contribution in [0.2, 0.25) is 0 Å². The van der Waals surface area contributed by atoms with Gasteiger partial charge in [-0.05, 0) is 60.5 Å². The van der Waals surface area contributed by atoms with Crippen LogP contribution in [0.4, 0.5) is 0 Å². The molecule has 0 spiro atoms. The molecule has 6 rings (SSSR count). The molecule has 0 atom stereocenters. The van der Waals surface area contributed by atoms with Crippen LogP contribution in [-0.4, -0.2) is 9.55 Å². The average Bonchev–Trinajstić information content (AvgIpc) is 3.38. The number of benzene rings is 4. The van der Waals surface area contributed by atoms with E-state index in [0.717, 1.165) is 28.8 Å². The summed E-state index contributed by atoms with van der Waals surface area (Å²) in [6.45, 7) is 2.14. The Morgan fingerprint density at radius 2 is 1.43 bits per heavy atom. The highest BCUT2D eigenvalue weighted by Crippen LogP contribution is 2.33. The molecule has 3 nitrogen and oxygen atoms in total. The van der Waals surface area contributed by atoms with Gasteiger partial charge in [-0.1, -0.05) is 49.4 Å². The summed E-state index contributed by atoms with van der Waals surface area (Å²) in [5.41, 5.74) is 7.52. The van der Waals surface area contributed by atoms with Crippen molar-refractivity contribution < 1.29 is 4.42 Å². The zero-order valence-electron chi connectivity index (χ0n) is 16.7. The lowest BCUT2D eigenvalue weighted by molar-refractivity contribution is 0.619. The van der Waals surface area contributed by atoms with Gasteiger partial charge >= 0.3 is 0 Å². The third kappa shape index (κ3) is 2.56. The predicted octanol–water partition coefficient (Wildman–Crippen LogP) is 7.15. The molecule has 0 amide bonds. The lowest BCUT2D eigenvalue weighted by Gasteiger charge is -2.08. The van der Waals surface area contributed by atoms with Crippen molar-refractivity contribution >= 4 is 32.9 Å². The number of para-hydroxylation sites is 2. The Morgan fingerprint density at radius 3 is 2.10 bits per heavy atom. The number of nitrogens with zero attached hydrogens (tertiary/aromatic N) is 2. The van der Waals surface area contributed by atoms with E-state index in [4.69, 9.17) is 4.42 Å². The molecule has 0 fully saturated rings. The molecule has 30 heavy (non-hydrogen) atoms. The molecule has 0 saturated carbocycles. The maximum Gasteiger partial charge on any atom is 0.227 e. The van der Waals surface area contributed by atoms with E-state index in [-0.39, 0.29) is 0 Å². The molecule has 6 aromatic rings. The van der Waals surface area contributed by atoms with Crippen LogP contribution < -0.4 is 0 Å². The van der Waals surface area contributed by atoms with Crippen LogP contribution in [0.5, 0.6) is 0 Å². The van der Waals surface area contributed by atoms with E-state index in [1.807, 2.05) is 6.07 Å². The molecule has 2 aromatic heterocycles. The van der Waals surface area contributed by atoms with Crippen LogP contribution in [0.1, 0.15) is 12.5 Å². The van der Waals surface area contributed by atoms with Crippen molar-refractivity contribution in [1.82, 2.24) is 9.55 Å². The summed E-state index contributed by atoms with van der Waals surface area (Å²) in [4.78, 5) is 4.68. The standard InChI is InChI=1S/C27H20N2O/c1-2-18-11-16-23-26(17-18)30-27(28-23)19-12-14-20(15-13-19)29-24-9-5-3-7-21(24)22-8-4-6-10-25(22)29/h3-17H,2H2,1H3. The first-order valence-corrected chi connectivity index (χ1v) is 10.3. The molecule has 0 bridgehead atoms. The van der Waals surface area contributed by atoms with Crippen LogP contribution in [-0.2, 0) is 6.42 Å². The van der Waals surface area contributed by atoms with Gasteiger partial charge in [-0.25, -0.2) is 4.98 Å². The Balaban J connectivity index is 1.47. The van der Waals surface area contributed by atoms with Crippen molar-refractivity contribution in [2.24, 2.45) is 0 Å². The van der Waals surface area contributed by atoms with E-state index in [9.17, 15) is 0 Å². The fourth-order valence-corrected chi connectivity index (χ4v) is 4.27. The molecule has 0 N–H and O–H groups in total. The molecule has 0 saturated heterocycles. The first kappa shape index (κ1) is 17.0. The predicted molar refractivity (Wildman–Crippen MR) is 123 cm³/mol. The monoisotopic (exact) mass is 388 g/mol. The summed E-state index contributed by atoms with van der Waals surface area (Å²) < 4.78 is 8.36. The van der Waals surface area contributed by atoms with Gasteiger partial charge in [0.2, 0.25) is 5.89 Å². The van der Waals surface area contributed by atoms with Gasteiger partial charge in [0.25, 0.3) is 0 Å². The summed E-state index contributed by atoms with van der Waals surface area (Å²) in [5, 5.41) is 2.53. The highest BCUT2D eigenvalue weighted by molar-refractivity contribution is 6.09. The Bertz CT molecular complexity index is 1470. The average molecular weight is 388 g/mol. The number of aromatic nitrogens is 2. The molecule has 0 aliphatic rings. The van der Waals surface area contributed by atoms with Gasteiger partial charge < -0.3 is 8.98 Å². The third-order valence-corrected chi connectivity index (χ3v) is 5.81. The van der Waals surface area contributed by atoms with Crippen LogP contribution in [0.25, 0.3) is 50.0 Å². The van der Waals surface area contributed by atoms with E-state index in [1.165, 1.54) is 27.4 Å². The van der Waals surface area contributed by atoms with E-state index in [2.05, 4.69) is 101 Å². The summed E-state index contributed by atoms with van der Waals surface area (Å²) in [5.74, 6) is 0.659. The third-order valence-electron chi connectivity index (χ3n) is 5.81. The van der Waals surface area contributed by atoms with E-state index >= 15 is 0 Å². The molecule has 2 heterocycles. The zero-order chi connectivity index (χ0) is 20.1. The van der Waals surface area contributed by atoms with Crippen LogP contribution >= 0.6 is 0 Å². The zero-order valence-corrected chi connectivity index (χ0v) is 16.7. The normalized spacial score (nSPS) is 11.6. The Morgan fingerprint density at radius 1 is 0.767 bits per heavy atom. The fraction of sp³-hybridized carbons (Fsp3) is 0.0741. The van der Waals surface area contributed by atoms with Crippen LogP contribution in [0.3, 0.4) is 0 Å². The smallest absolute Gasteiger partial charge is 0.227 e. The highest BCUT2D eigenvalue weighted by atomic mass is 16.3. The van der Waals surface area contributed by atoms with Crippen molar-refractivity contribution in [2.45, 2.75) is 13.3 Å². The number of aryl methyl sites for hydroxylation is 1. The number of hydrogen-bond acceptors (Lipinski definition) is 2. The van der Waals surface area contributed by atoms with Gasteiger partial charge in [-0.3, -0.25) is 0 Å². The Kier molecular flexibility index (Phi) is 3.75. The topological polar surface area (TPSA) is 31.0 Å². The summed E-state index contributed by atoms with van der Waals surface area (Å²) in [7, 11) is 0.